The molecule has 0 aromatic carbocycles. The molecule has 0 radical (unpaired) electrons. The number of rotatable bonds is 4. The first-order valence-corrected chi connectivity index (χ1v) is 6.92. The largest absolute Gasteiger partial charge is 0.381 e. The van der Waals surface area contributed by atoms with Crippen LogP contribution < -0.4 is 0 Å². The van der Waals surface area contributed by atoms with E-state index >= 15 is 0 Å². The fourth-order valence-electron chi connectivity index (χ4n) is 2.75. The van der Waals surface area contributed by atoms with Gasteiger partial charge in [0.15, 0.2) is 0 Å². The summed E-state index contributed by atoms with van der Waals surface area (Å²) in [5.41, 5.74) is 2.88. The Hall–Kier alpha value is -0.760. The van der Waals surface area contributed by atoms with Crippen molar-refractivity contribution in [2.24, 2.45) is 5.92 Å². The minimum Gasteiger partial charge on any atom is -0.381 e. The van der Waals surface area contributed by atoms with Crippen LogP contribution in [0.4, 0.5) is 0 Å². The van der Waals surface area contributed by atoms with Gasteiger partial charge in [-0.15, -0.1) is 0 Å². The highest BCUT2D eigenvalue weighted by Gasteiger charge is 2.15. The van der Waals surface area contributed by atoms with E-state index in [1.54, 1.807) is 0 Å². The molecule has 2 nitrogen and oxygen atoms in total. The van der Waals surface area contributed by atoms with Gasteiger partial charge in [-0.05, 0) is 50.2 Å². The lowest BCUT2D eigenvalue weighted by Crippen LogP contribution is -2.18. The average molecular weight is 235 g/mol. The van der Waals surface area contributed by atoms with Gasteiger partial charge in [-0.1, -0.05) is 13.8 Å². The van der Waals surface area contributed by atoms with Crippen molar-refractivity contribution in [3.8, 4) is 0 Å². The Morgan fingerprint density at radius 3 is 2.65 bits per heavy atom. The van der Waals surface area contributed by atoms with Crippen molar-refractivity contribution in [2.75, 3.05) is 13.2 Å². The van der Waals surface area contributed by atoms with Crippen molar-refractivity contribution < 1.29 is 4.74 Å². The molecule has 0 amide bonds. The maximum absolute atomic E-state index is 5.42. The molecule has 1 aliphatic rings. The molecular weight excluding hydrogens is 210 g/mol. The molecule has 0 N–H and O–H groups in total. The second-order valence-corrected chi connectivity index (χ2v) is 5.55. The number of hydrogen-bond acceptors (Lipinski definition) is 1. The van der Waals surface area contributed by atoms with Gasteiger partial charge in [0, 0.05) is 31.1 Å². The van der Waals surface area contributed by atoms with Crippen molar-refractivity contribution in [3.63, 3.8) is 0 Å². The second-order valence-electron chi connectivity index (χ2n) is 5.55. The molecule has 96 valence electrons. The molecule has 0 bridgehead atoms. The maximum Gasteiger partial charge on any atom is 0.0468 e. The predicted molar refractivity (Wildman–Crippen MR) is 71.4 cm³/mol. The molecule has 1 fully saturated rings. The summed E-state index contributed by atoms with van der Waals surface area (Å²) in [4.78, 5) is 0. The first kappa shape index (κ1) is 12.7. The lowest BCUT2D eigenvalue weighted by molar-refractivity contribution is 0.0625. The summed E-state index contributed by atoms with van der Waals surface area (Å²) in [7, 11) is 0. The van der Waals surface area contributed by atoms with Crippen LogP contribution in [0.2, 0.25) is 0 Å². The van der Waals surface area contributed by atoms with Crippen LogP contribution in [0.25, 0.3) is 0 Å². The Bertz CT molecular complexity index is 348. The number of aryl methyl sites for hydroxylation is 1. The highest BCUT2D eigenvalue weighted by molar-refractivity contribution is 5.17. The minimum atomic E-state index is 0.624. The highest BCUT2D eigenvalue weighted by atomic mass is 16.5. The van der Waals surface area contributed by atoms with Gasteiger partial charge in [-0.25, -0.2) is 0 Å². The zero-order valence-electron chi connectivity index (χ0n) is 11.4. The first-order valence-electron chi connectivity index (χ1n) is 6.92. The van der Waals surface area contributed by atoms with Gasteiger partial charge in [-0.2, -0.15) is 0 Å². The molecule has 2 heterocycles. The smallest absolute Gasteiger partial charge is 0.0468 e. The summed E-state index contributed by atoms with van der Waals surface area (Å²) in [6.07, 6.45) is 3.80. The van der Waals surface area contributed by atoms with Crippen molar-refractivity contribution in [1.82, 2.24) is 4.57 Å². The zero-order chi connectivity index (χ0) is 12.3. The lowest BCUT2D eigenvalue weighted by atomic mass is 9.96. The molecule has 0 spiro atoms. The van der Waals surface area contributed by atoms with Crippen LogP contribution in [0.5, 0.6) is 0 Å². The average Bonchev–Trinajstić information content (AvgIpc) is 2.69. The van der Waals surface area contributed by atoms with Gasteiger partial charge >= 0.3 is 0 Å². The topological polar surface area (TPSA) is 14.2 Å². The van der Waals surface area contributed by atoms with Crippen molar-refractivity contribution >= 4 is 0 Å². The van der Waals surface area contributed by atoms with Crippen LogP contribution in [0.3, 0.4) is 0 Å². The number of aromatic nitrogens is 1. The summed E-state index contributed by atoms with van der Waals surface area (Å²) >= 11 is 0. The molecular formula is C15H25NO. The number of hydrogen-bond donors (Lipinski definition) is 0. The maximum atomic E-state index is 5.42. The van der Waals surface area contributed by atoms with Crippen LogP contribution in [0.1, 0.15) is 50.4 Å². The van der Waals surface area contributed by atoms with E-state index in [0.29, 0.717) is 5.92 Å². The standard InChI is InChI=1S/C15H25NO/c1-12(2)15-5-4-13(3)16(15)9-6-14-7-10-17-11-8-14/h4-5,12,14H,6-11H2,1-3H3. The third kappa shape index (κ3) is 3.12. The quantitative estimate of drug-likeness (QED) is 0.775. The normalized spacial score (nSPS) is 17.9. The van der Waals surface area contributed by atoms with E-state index in [4.69, 9.17) is 4.74 Å². The van der Waals surface area contributed by atoms with Crippen LogP contribution in [-0.4, -0.2) is 17.8 Å². The number of ether oxygens (including phenoxy) is 1. The van der Waals surface area contributed by atoms with Crippen LogP contribution in [0, 0.1) is 12.8 Å². The van der Waals surface area contributed by atoms with E-state index in [9.17, 15) is 0 Å². The van der Waals surface area contributed by atoms with Gasteiger partial charge < -0.3 is 9.30 Å². The summed E-state index contributed by atoms with van der Waals surface area (Å²) in [6.45, 7) is 9.88. The van der Waals surface area contributed by atoms with Crippen LogP contribution in [0.15, 0.2) is 12.1 Å². The van der Waals surface area contributed by atoms with Gasteiger partial charge in [0.25, 0.3) is 0 Å². The Labute approximate surface area is 105 Å². The van der Waals surface area contributed by atoms with Crippen molar-refractivity contribution in [2.45, 2.75) is 52.5 Å². The fourth-order valence-corrected chi connectivity index (χ4v) is 2.75. The third-order valence-electron chi connectivity index (χ3n) is 3.93. The summed E-state index contributed by atoms with van der Waals surface area (Å²) in [5, 5.41) is 0. The SMILES string of the molecule is Cc1ccc(C(C)C)n1CCC1CCOCC1. The Morgan fingerprint density at radius 1 is 1.29 bits per heavy atom. The van der Waals surface area contributed by atoms with E-state index in [1.165, 1.54) is 37.2 Å². The molecule has 2 rings (SSSR count). The molecule has 0 saturated carbocycles. The molecule has 0 unspecified atom stereocenters. The Kier molecular flexibility index (Phi) is 4.27. The predicted octanol–water partition coefficient (Wildman–Crippen LogP) is 3.74. The molecule has 1 aromatic rings. The van der Waals surface area contributed by atoms with E-state index in [0.717, 1.165) is 19.1 Å². The Morgan fingerprint density at radius 2 is 2.00 bits per heavy atom. The molecule has 17 heavy (non-hydrogen) atoms. The van der Waals surface area contributed by atoms with E-state index < -0.39 is 0 Å². The van der Waals surface area contributed by atoms with Gasteiger partial charge in [0.1, 0.15) is 0 Å². The monoisotopic (exact) mass is 235 g/mol. The molecule has 1 aromatic heterocycles. The van der Waals surface area contributed by atoms with Crippen molar-refractivity contribution in [1.29, 1.82) is 0 Å². The summed E-state index contributed by atoms with van der Waals surface area (Å²) in [5.74, 6) is 1.49. The molecule has 1 aliphatic heterocycles. The van der Waals surface area contributed by atoms with E-state index in [1.807, 2.05) is 0 Å². The first-order chi connectivity index (χ1) is 8.18. The zero-order valence-corrected chi connectivity index (χ0v) is 11.4. The van der Waals surface area contributed by atoms with Crippen molar-refractivity contribution in [3.05, 3.63) is 23.5 Å². The van der Waals surface area contributed by atoms with Crippen LogP contribution >= 0.6 is 0 Å². The third-order valence-corrected chi connectivity index (χ3v) is 3.93. The second kappa shape index (κ2) is 5.72. The number of nitrogens with zero attached hydrogens (tertiary/aromatic N) is 1. The molecule has 2 heteroatoms. The lowest BCUT2D eigenvalue weighted by Gasteiger charge is -2.23. The summed E-state index contributed by atoms with van der Waals surface area (Å²) < 4.78 is 7.92. The van der Waals surface area contributed by atoms with Gasteiger partial charge in [0.2, 0.25) is 0 Å². The Balaban J connectivity index is 1.95. The summed E-state index contributed by atoms with van der Waals surface area (Å²) in [6, 6.07) is 4.53. The highest BCUT2D eigenvalue weighted by Crippen LogP contribution is 2.23. The van der Waals surface area contributed by atoms with Crippen LogP contribution in [-0.2, 0) is 11.3 Å². The van der Waals surface area contributed by atoms with E-state index in [2.05, 4.69) is 37.5 Å². The molecule has 1 saturated heterocycles. The van der Waals surface area contributed by atoms with Gasteiger partial charge in [-0.3, -0.25) is 0 Å². The van der Waals surface area contributed by atoms with E-state index in [-0.39, 0.29) is 0 Å². The molecule has 0 aliphatic carbocycles. The van der Waals surface area contributed by atoms with Gasteiger partial charge in [0.05, 0.1) is 0 Å². The molecule has 0 atom stereocenters. The minimum absolute atomic E-state index is 0.624. The fraction of sp³-hybridized carbons (Fsp3) is 0.733.